The second-order valence-corrected chi connectivity index (χ2v) is 11.2. The van der Waals surface area contributed by atoms with Crippen LogP contribution >= 0.6 is 0 Å². The van der Waals surface area contributed by atoms with Crippen molar-refractivity contribution in [2.24, 2.45) is 5.92 Å². The van der Waals surface area contributed by atoms with E-state index in [2.05, 4.69) is 14.5 Å². The first-order chi connectivity index (χ1) is 16.3. The summed E-state index contributed by atoms with van der Waals surface area (Å²) in [4.78, 5) is 16.5. The lowest BCUT2D eigenvalue weighted by atomic mass is 9.92. The Morgan fingerprint density at radius 3 is 2.41 bits per heavy atom. The molecule has 2 aliphatic rings. The van der Waals surface area contributed by atoms with Gasteiger partial charge >= 0.3 is 5.97 Å². The molecule has 0 amide bonds. The van der Waals surface area contributed by atoms with Crippen LogP contribution in [0, 0.1) is 12.8 Å². The van der Waals surface area contributed by atoms with E-state index in [0.717, 1.165) is 31.6 Å². The Balaban J connectivity index is 1.48. The summed E-state index contributed by atoms with van der Waals surface area (Å²) in [6.07, 6.45) is 7.29. The molecule has 0 aromatic heterocycles. The number of likely N-dealkylation sites (tertiary alicyclic amines) is 1. The number of nitrogens with one attached hydrogen (secondary N) is 1. The number of hydrogen-bond acceptors (Lipinski definition) is 5. The minimum Gasteiger partial charge on any atom is -0.478 e. The Hall–Kier alpha value is -2.58. The minimum atomic E-state index is -3.85. The van der Waals surface area contributed by atoms with Crippen LogP contribution in [0.4, 0.5) is 11.4 Å². The molecular formula is C26H35N3O4S. The zero-order valence-electron chi connectivity index (χ0n) is 19.9. The van der Waals surface area contributed by atoms with Crippen molar-refractivity contribution in [1.29, 1.82) is 0 Å². The summed E-state index contributed by atoms with van der Waals surface area (Å²) in [7, 11) is -3.85. The molecule has 2 heterocycles. The molecule has 0 saturated carbocycles. The van der Waals surface area contributed by atoms with E-state index in [0.29, 0.717) is 17.2 Å². The molecule has 8 heteroatoms. The van der Waals surface area contributed by atoms with Gasteiger partial charge in [-0.15, -0.1) is 0 Å². The smallest absolute Gasteiger partial charge is 0.335 e. The topological polar surface area (TPSA) is 89.9 Å². The summed E-state index contributed by atoms with van der Waals surface area (Å²) in [5.74, 6) is -0.414. The van der Waals surface area contributed by atoms with E-state index in [1.165, 1.54) is 51.4 Å². The fraction of sp³-hybridized carbons (Fsp3) is 0.500. The number of hydrogen-bond donors (Lipinski definition) is 2. The SMILES string of the molecule is Cc1ccccc1S(=O)(=O)Nc1cc(C(=O)O)ccc1N1CCC(CCN2CCCCC2)CC1. The lowest BCUT2D eigenvalue weighted by molar-refractivity contribution is 0.0697. The van der Waals surface area contributed by atoms with E-state index in [-0.39, 0.29) is 10.5 Å². The van der Waals surface area contributed by atoms with Gasteiger partial charge in [0.25, 0.3) is 10.0 Å². The molecular weight excluding hydrogens is 450 g/mol. The number of carboxylic acids is 1. The maximum atomic E-state index is 13.1. The average molecular weight is 486 g/mol. The predicted octanol–water partition coefficient (Wildman–Crippen LogP) is 4.59. The quantitative estimate of drug-likeness (QED) is 0.569. The van der Waals surface area contributed by atoms with Crippen LogP contribution < -0.4 is 9.62 Å². The van der Waals surface area contributed by atoms with Crippen LogP contribution in [0.15, 0.2) is 47.4 Å². The number of aryl methyl sites for hydroxylation is 1. The van der Waals surface area contributed by atoms with Gasteiger partial charge in [0.1, 0.15) is 0 Å². The standard InChI is InChI=1S/C26H35N3O4S/c1-20-7-3-4-8-25(20)34(32,33)27-23-19-22(26(30)31)9-10-24(23)29-17-12-21(13-18-29)11-16-28-14-5-2-6-15-28/h3-4,7-10,19,21,27H,2,5-6,11-18H2,1H3,(H,30,31). The molecule has 0 bridgehead atoms. The van der Waals surface area contributed by atoms with Crippen molar-refractivity contribution >= 4 is 27.4 Å². The van der Waals surface area contributed by atoms with Crippen molar-refractivity contribution in [3.63, 3.8) is 0 Å². The van der Waals surface area contributed by atoms with Crippen molar-refractivity contribution in [2.75, 3.05) is 42.3 Å². The maximum Gasteiger partial charge on any atom is 0.335 e. The molecule has 2 fully saturated rings. The molecule has 2 aromatic rings. The fourth-order valence-electron chi connectivity index (χ4n) is 5.09. The van der Waals surface area contributed by atoms with Gasteiger partial charge in [-0.05, 0) is 94.4 Å². The second kappa shape index (κ2) is 10.8. The highest BCUT2D eigenvalue weighted by atomic mass is 32.2. The summed E-state index contributed by atoms with van der Waals surface area (Å²) in [6, 6.07) is 11.5. The summed E-state index contributed by atoms with van der Waals surface area (Å²) in [5.41, 5.74) is 1.75. The van der Waals surface area contributed by atoms with E-state index >= 15 is 0 Å². The monoisotopic (exact) mass is 485 g/mol. The van der Waals surface area contributed by atoms with Crippen LogP contribution in [0.25, 0.3) is 0 Å². The lowest BCUT2D eigenvalue weighted by Gasteiger charge is -2.36. The molecule has 0 unspecified atom stereocenters. The number of carboxylic acid groups (broad SMARTS) is 1. The molecule has 2 N–H and O–H groups in total. The molecule has 0 aliphatic carbocycles. The van der Waals surface area contributed by atoms with Gasteiger partial charge < -0.3 is 14.9 Å². The highest BCUT2D eigenvalue weighted by molar-refractivity contribution is 7.92. The Labute approximate surface area is 202 Å². The third-order valence-electron chi connectivity index (χ3n) is 7.13. The molecule has 0 atom stereocenters. The summed E-state index contributed by atoms with van der Waals surface area (Å²) < 4.78 is 29.0. The first-order valence-electron chi connectivity index (χ1n) is 12.3. The Bertz CT molecular complexity index is 1100. The van der Waals surface area contributed by atoms with Crippen molar-refractivity contribution in [3.05, 3.63) is 53.6 Å². The zero-order valence-corrected chi connectivity index (χ0v) is 20.7. The Kier molecular flexibility index (Phi) is 7.78. The van der Waals surface area contributed by atoms with Crippen LogP contribution in [0.1, 0.15) is 54.4 Å². The van der Waals surface area contributed by atoms with Gasteiger partial charge in [-0.2, -0.15) is 0 Å². The van der Waals surface area contributed by atoms with E-state index in [1.54, 1.807) is 43.3 Å². The van der Waals surface area contributed by atoms with Crippen LogP contribution in [-0.2, 0) is 10.0 Å². The van der Waals surface area contributed by atoms with Crippen molar-refractivity contribution in [2.45, 2.75) is 50.3 Å². The Morgan fingerprint density at radius 2 is 1.74 bits per heavy atom. The molecule has 0 radical (unpaired) electrons. The number of carbonyl (C=O) groups is 1. The van der Waals surface area contributed by atoms with Crippen LogP contribution in [-0.4, -0.2) is 57.1 Å². The Morgan fingerprint density at radius 1 is 1.03 bits per heavy atom. The highest BCUT2D eigenvalue weighted by Crippen LogP contribution is 2.33. The van der Waals surface area contributed by atoms with Crippen molar-refractivity contribution < 1.29 is 18.3 Å². The second-order valence-electron chi connectivity index (χ2n) is 9.53. The van der Waals surface area contributed by atoms with Crippen LogP contribution in [0.5, 0.6) is 0 Å². The van der Waals surface area contributed by atoms with E-state index in [1.807, 2.05) is 0 Å². The molecule has 2 saturated heterocycles. The number of sulfonamides is 1. The molecule has 2 aliphatic heterocycles. The number of anilines is 2. The summed E-state index contributed by atoms with van der Waals surface area (Å²) >= 11 is 0. The van der Waals surface area contributed by atoms with Gasteiger partial charge in [0.05, 0.1) is 21.8 Å². The van der Waals surface area contributed by atoms with Crippen LogP contribution in [0.3, 0.4) is 0 Å². The van der Waals surface area contributed by atoms with Crippen molar-refractivity contribution in [3.8, 4) is 0 Å². The predicted molar refractivity (Wildman–Crippen MR) is 135 cm³/mol. The molecule has 34 heavy (non-hydrogen) atoms. The largest absolute Gasteiger partial charge is 0.478 e. The molecule has 7 nitrogen and oxygen atoms in total. The third-order valence-corrected chi connectivity index (χ3v) is 8.65. The van der Waals surface area contributed by atoms with E-state index in [9.17, 15) is 18.3 Å². The number of piperidine rings is 2. The first kappa shape index (κ1) is 24.5. The first-order valence-corrected chi connectivity index (χ1v) is 13.7. The van der Waals surface area contributed by atoms with Crippen LogP contribution in [0.2, 0.25) is 0 Å². The summed E-state index contributed by atoms with van der Waals surface area (Å²) in [6.45, 7) is 7.02. The fourth-order valence-corrected chi connectivity index (χ4v) is 6.41. The summed E-state index contributed by atoms with van der Waals surface area (Å²) in [5, 5.41) is 9.48. The number of rotatable bonds is 8. The van der Waals surface area contributed by atoms with E-state index < -0.39 is 16.0 Å². The number of benzene rings is 2. The van der Waals surface area contributed by atoms with Crippen molar-refractivity contribution in [1.82, 2.24) is 4.90 Å². The molecule has 4 rings (SSSR count). The van der Waals surface area contributed by atoms with Gasteiger partial charge in [-0.1, -0.05) is 24.6 Å². The molecule has 184 valence electrons. The normalized spacial score (nSPS) is 18.1. The zero-order chi connectivity index (χ0) is 24.1. The lowest BCUT2D eigenvalue weighted by Crippen LogP contribution is -2.36. The molecule has 2 aromatic carbocycles. The van der Waals surface area contributed by atoms with Gasteiger partial charge in [0.15, 0.2) is 0 Å². The highest BCUT2D eigenvalue weighted by Gasteiger charge is 2.25. The number of aromatic carboxylic acids is 1. The van der Waals surface area contributed by atoms with Gasteiger partial charge in [0.2, 0.25) is 0 Å². The maximum absolute atomic E-state index is 13.1. The average Bonchev–Trinajstić information content (AvgIpc) is 2.83. The van der Waals surface area contributed by atoms with Gasteiger partial charge in [0, 0.05) is 13.1 Å². The third kappa shape index (κ3) is 5.91. The number of nitrogens with zero attached hydrogens (tertiary/aromatic N) is 2. The van der Waals surface area contributed by atoms with Gasteiger partial charge in [-0.3, -0.25) is 4.72 Å². The molecule has 0 spiro atoms. The minimum absolute atomic E-state index is 0.0580. The van der Waals surface area contributed by atoms with Gasteiger partial charge in [-0.25, -0.2) is 13.2 Å². The van der Waals surface area contributed by atoms with E-state index in [4.69, 9.17) is 0 Å².